The molecule has 112 valence electrons. The Morgan fingerprint density at radius 1 is 1.13 bits per heavy atom. The normalized spacial score (nSPS) is 22.7. The minimum absolute atomic E-state index is 0.134. The first-order valence-corrected chi connectivity index (χ1v) is 7.17. The molecule has 1 aliphatic heterocycles. The predicted octanol–water partition coefficient (Wildman–Crippen LogP) is 3.39. The molecule has 0 bridgehead atoms. The predicted molar refractivity (Wildman–Crippen MR) is 90.9 cm³/mol. The van der Waals surface area contributed by atoms with Crippen molar-refractivity contribution in [2.24, 2.45) is 20.9 Å². The zero-order chi connectivity index (χ0) is 15.9. The van der Waals surface area contributed by atoms with Crippen molar-refractivity contribution in [3.8, 4) is 6.07 Å². The second-order valence-corrected chi connectivity index (χ2v) is 4.92. The summed E-state index contributed by atoms with van der Waals surface area (Å²) >= 11 is 0. The lowest BCUT2D eigenvalue weighted by Crippen LogP contribution is -1.91. The molecule has 0 aromatic rings. The van der Waals surface area contributed by atoms with Gasteiger partial charge in [0.1, 0.15) is 24.4 Å². The van der Waals surface area contributed by atoms with Crippen molar-refractivity contribution in [1.29, 1.82) is 5.26 Å². The van der Waals surface area contributed by atoms with E-state index in [0.29, 0.717) is 12.0 Å². The van der Waals surface area contributed by atoms with E-state index in [4.69, 9.17) is 10.00 Å². The van der Waals surface area contributed by atoms with Crippen molar-refractivity contribution >= 4 is 18.8 Å². The first-order chi connectivity index (χ1) is 11.4. The number of rotatable bonds is 0. The van der Waals surface area contributed by atoms with E-state index in [9.17, 15) is 0 Å². The van der Waals surface area contributed by atoms with Gasteiger partial charge in [-0.1, -0.05) is 18.2 Å². The minimum atomic E-state index is 0.134. The quantitative estimate of drug-likeness (QED) is 0.688. The second-order valence-electron chi connectivity index (χ2n) is 4.92. The molecule has 3 aliphatic rings. The van der Waals surface area contributed by atoms with Crippen LogP contribution in [0.1, 0.15) is 6.42 Å². The molecule has 0 radical (unpaired) electrons. The van der Waals surface area contributed by atoms with Crippen molar-refractivity contribution in [3.05, 3.63) is 71.5 Å². The van der Waals surface area contributed by atoms with Crippen molar-refractivity contribution in [2.75, 3.05) is 0 Å². The Balaban J connectivity index is 1.82. The number of fused-ring (bicyclic) bond motifs is 1. The van der Waals surface area contributed by atoms with Gasteiger partial charge in [0.2, 0.25) is 0 Å². The van der Waals surface area contributed by atoms with Crippen LogP contribution in [-0.2, 0) is 4.74 Å². The number of allylic oxidation sites excluding steroid dienone is 9. The van der Waals surface area contributed by atoms with Crippen LogP contribution in [0.3, 0.4) is 0 Å². The van der Waals surface area contributed by atoms with Crippen LogP contribution in [0, 0.1) is 17.2 Å². The van der Waals surface area contributed by atoms with Gasteiger partial charge in [0, 0.05) is 18.3 Å². The molecule has 0 saturated heterocycles. The maximum absolute atomic E-state index is 9.03. The fourth-order valence-electron chi connectivity index (χ4n) is 1.99. The van der Waals surface area contributed by atoms with E-state index < -0.39 is 0 Å². The third-order valence-corrected chi connectivity index (χ3v) is 3.27. The minimum Gasteiger partial charge on any atom is -0.466 e. The smallest absolute Gasteiger partial charge is 0.131 e. The van der Waals surface area contributed by atoms with Gasteiger partial charge < -0.3 is 4.74 Å². The van der Waals surface area contributed by atoms with Crippen molar-refractivity contribution in [2.45, 2.75) is 6.42 Å². The highest BCUT2D eigenvalue weighted by molar-refractivity contribution is 5.81. The summed E-state index contributed by atoms with van der Waals surface area (Å²) in [7, 11) is 0. The maximum atomic E-state index is 9.03. The van der Waals surface area contributed by atoms with Gasteiger partial charge in [-0.05, 0) is 24.3 Å². The van der Waals surface area contributed by atoms with E-state index >= 15 is 0 Å². The Morgan fingerprint density at radius 2 is 2.04 bits per heavy atom. The van der Waals surface area contributed by atoms with Crippen LogP contribution in [0.2, 0.25) is 0 Å². The van der Waals surface area contributed by atoms with Gasteiger partial charge in [-0.2, -0.15) is 5.26 Å². The molecule has 1 heterocycles. The van der Waals surface area contributed by atoms with Gasteiger partial charge in [0.25, 0.3) is 0 Å². The number of hydrogen-bond donors (Lipinski definition) is 0. The molecular weight excluding hydrogens is 288 g/mol. The molecule has 1 unspecified atom stereocenters. The fraction of sp³-hybridized carbons (Fsp3) is 0.111. The molecular formula is C18H14N4O. The number of aliphatic imine (C=N–C) groups is 3. The highest BCUT2D eigenvalue weighted by Crippen LogP contribution is 2.33. The summed E-state index contributed by atoms with van der Waals surface area (Å²) in [4.78, 5) is 12.7. The SMILES string of the molecule is N#CC1=COC2=C(C2)N=CC=CC2C=CC=C2N=CN=CC=C1. The topological polar surface area (TPSA) is 70.1 Å². The van der Waals surface area contributed by atoms with E-state index in [-0.39, 0.29) is 5.92 Å². The van der Waals surface area contributed by atoms with Crippen LogP contribution >= 0.6 is 0 Å². The third-order valence-electron chi connectivity index (χ3n) is 3.27. The van der Waals surface area contributed by atoms with Gasteiger partial charge in [-0.15, -0.1) is 0 Å². The molecule has 1 atom stereocenters. The molecule has 23 heavy (non-hydrogen) atoms. The summed E-state index contributed by atoms with van der Waals surface area (Å²) in [6.07, 6.45) is 20.1. The lowest BCUT2D eigenvalue weighted by atomic mass is 10.1. The Hall–Kier alpha value is -3.26. The summed E-state index contributed by atoms with van der Waals surface area (Å²) < 4.78 is 5.43. The molecule has 3 rings (SSSR count). The summed E-state index contributed by atoms with van der Waals surface area (Å²) in [5.41, 5.74) is 2.23. The van der Waals surface area contributed by atoms with Crippen LogP contribution in [-0.4, -0.2) is 18.8 Å². The molecule has 0 N–H and O–H groups in total. The maximum Gasteiger partial charge on any atom is 0.131 e. The Morgan fingerprint density at radius 3 is 2.96 bits per heavy atom. The van der Waals surface area contributed by atoms with Gasteiger partial charge in [-0.25, -0.2) is 9.98 Å². The molecule has 5 nitrogen and oxygen atoms in total. The number of nitriles is 1. The number of hydrogen-bond acceptors (Lipinski definition) is 5. The lowest BCUT2D eigenvalue weighted by molar-refractivity contribution is 0.369. The fourth-order valence-corrected chi connectivity index (χ4v) is 1.99. The molecule has 0 spiro atoms. The summed E-state index contributed by atoms with van der Waals surface area (Å²) in [5.74, 6) is 0.924. The van der Waals surface area contributed by atoms with Crippen LogP contribution in [0.25, 0.3) is 0 Å². The van der Waals surface area contributed by atoms with E-state index in [0.717, 1.165) is 17.2 Å². The monoisotopic (exact) mass is 302 g/mol. The average Bonchev–Trinajstić information content (AvgIpc) is 3.16. The van der Waals surface area contributed by atoms with Crippen LogP contribution < -0.4 is 0 Å². The zero-order valence-electron chi connectivity index (χ0n) is 12.3. The molecule has 0 fully saturated rings. The molecule has 0 amide bonds. The van der Waals surface area contributed by atoms with Gasteiger partial charge in [0.15, 0.2) is 0 Å². The summed E-state index contributed by atoms with van der Waals surface area (Å²) in [6.45, 7) is 0. The standard InChI is InChI=1S/C18H14N4O/c19-11-14-4-2-8-20-13-22-16-7-1-5-15(16)6-3-9-21-17-10-18(17)23-12-14/h1-9,12-13,15H,10H2. The van der Waals surface area contributed by atoms with E-state index in [1.54, 1.807) is 24.6 Å². The first kappa shape index (κ1) is 14.7. The third kappa shape index (κ3) is 4.11. The molecule has 5 heteroatoms. The second kappa shape index (κ2) is 7.14. The average molecular weight is 302 g/mol. The molecule has 2 aliphatic carbocycles. The van der Waals surface area contributed by atoms with Crippen molar-refractivity contribution in [1.82, 2.24) is 0 Å². The lowest BCUT2D eigenvalue weighted by Gasteiger charge is -2.01. The summed E-state index contributed by atoms with van der Waals surface area (Å²) in [5, 5.41) is 9.03. The molecule has 0 aromatic carbocycles. The molecule has 0 saturated carbocycles. The van der Waals surface area contributed by atoms with E-state index in [2.05, 4.69) is 21.1 Å². The Labute approximate surface area is 134 Å². The summed E-state index contributed by atoms with van der Waals surface area (Å²) in [6, 6.07) is 2.05. The van der Waals surface area contributed by atoms with Crippen LogP contribution in [0.15, 0.2) is 86.5 Å². The van der Waals surface area contributed by atoms with Crippen molar-refractivity contribution < 1.29 is 4.74 Å². The van der Waals surface area contributed by atoms with Gasteiger partial charge in [-0.3, -0.25) is 4.99 Å². The Kier molecular flexibility index (Phi) is 4.55. The number of ether oxygens (including phenoxy) is 1. The highest BCUT2D eigenvalue weighted by atomic mass is 16.5. The number of nitrogens with zero attached hydrogens (tertiary/aromatic N) is 4. The first-order valence-electron chi connectivity index (χ1n) is 7.17. The highest BCUT2D eigenvalue weighted by Gasteiger charge is 2.22. The van der Waals surface area contributed by atoms with Gasteiger partial charge >= 0.3 is 0 Å². The van der Waals surface area contributed by atoms with Gasteiger partial charge in [0.05, 0.1) is 23.4 Å². The van der Waals surface area contributed by atoms with Crippen molar-refractivity contribution in [3.63, 3.8) is 0 Å². The molecule has 0 aromatic heterocycles. The van der Waals surface area contributed by atoms with E-state index in [1.165, 1.54) is 12.6 Å². The Bertz CT molecular complexity index is 795. The largest absolute Gasteiger partial charge is 0.466 e. The zero-order valence-corrected chi connectivity index (χ0v) is 12.3. The van der Waals surface area contributed by atoms with Crippen LogP contribution in [0.4, 0.5) is 0 Å². The van der Waals surface area contributed by atoms with E-state index in [1.807, 2.05) is 30.4 Å². The van der Waals surface area contributed by atoms with Crippen LogP contribution in [0.5, 0.6) is 0 Å².